The Bertz CT molecular complexity index is 1060. The zero-order valence-corrected chi connectivity index (χ0v) is 18.3. The van der Waals surface area contributed by atoms with Crippen molar-refractivity contribution in [2.24, 2.45) is 0 Å². The maximum Gasteiger partial charge on any atom is 0.255 e. The summed E-state index contributed by atoms with van der Waals surface area (Å²) in [6.45, 7) is 4.57. The summed E-state index contributed by atoms with van der Waals surface area (Å²) in [5, 5.41) is 8.88. The number of likely N-dealkylation sites (tertiary alicyclic amines) is 2. The molecule has 2 fully saturated rings. The molecule has 5 rings (SSSR count). The zero-order valence-electron chi connectivity index (χ0n) is 18.3. The summed E-state index contributed by atoms with van der Waals surface area (Å²) in [5.74, 6) is 1.39. The summed E-state index contributed by atoms with van der Waals surface area (Å²) in [6, 6.07) is 14.8. The van der Waals surface area contributed by atoms with E-state index in [1.807, 2.05) is 27.6 Å². The van der Waals surface area contributed by atoms with Crippen molar-refractivity contribution in [1.82, 2.24) is 29.3 Å². The molecule has 162 valence electrons. The second kappa shape index (κ2) is 8.40. The van der Waals surface area contributed by atoms with Gasteiger partial charge in [-0.3, -0.25) is 14.1 Å². The third-order valence-corrected chi connectivity index (χ3v) is 6.74. The quantitative estimate of drug-likeness (QED) is 0.637. The van der Waals surface area contributed by atoms with Crippen LogP contribution in [0.4, 0.5) is 0 Å². The van der Waals surface area contributed by atoms with Gasteiger partial charge in [-0.15, -0.1) is 10.2 Å². The molecule has 2 atom stereocenters. The highest BCUT2D eigenvalue weighted by Gasteiger charge is 2.30. The van der Waals surface area contributed by atoms with E-state index in [0.29, 0.717) is 17.5 Å². The summed E-state index contributed by atoms with van der Waals surface area (Å²) in [5.41, 5.74) is 2.86. The summed E-state index contributed by atoms with van der Waals surface area (Å²) < 4.78 is 2.03. The van der Waals surface area contributed by atoms with E-state index in [2.05, 4.69) is 64.4 Å². The largest absolute Gasteiger partial charge is 0.337 e. The van der Waals surface area contributed by atoms with Crippen LogP contribution in [0.5, 0.6) is 0 Å². The lowest BCUT2D eigenvalue weighted by Crippen LogP contribution is -2.34. The van der Waals surface area contributed by atoms with E-state index in [9.17, 15) is 4.79 Å². The van der Waals surface area contributed by atoms with E-state index in [4.69, 9.17) is 0 Å². The van der Waals surface area contributed by atoms with Gasteiger partial charge in [-0.25, -0.2) is 0 Å². The zero-order chi connectivity index (χ0) is 21.4. The minimum absolute atomic E-state index is 0.100. The van der Waals surface area contributed by atoms with E-state index in [0.717, 1.165) is 57.0 Å². The van der Waals surface area contributed by atoms with Gasteiger partial charge >= 0.3 is 0 Å². The average molecular weight is 419 g/mol. The number of carbonyl (C=O) groups is 1. The Morgan fingerprint density at radius 3 is 2.65 bits per heavy atom. The molecule has 0 aliphatic carbocycles. The molecule has 2 aliphatic heterocycles. The molecule has 2 aromatic heterocycles. The van der Waals surface area contributed by atoms with Crippen LogP contribution in [0, 0.1) is 0 Å². The third-order valence-electron chi connectivity index (χ3n) is 6.74. The first-order valence-electron chi connectivity index (χ1n) is 11.1. The van der Waals surface area contributed by atoms with Gasteiger partial charge in [0, 0.05) is 44.3 Å². The molecular formula is C24H30N6O. The van der Waals surface area contributed by atoms with Crippen LogP contribution < -0.4 is 0 Å². The molecular weight excluding hydrogens is 388 g/mol. The average Bonchev–Trinajstić information content (AvgIpc) is 3.53. The van der Waals surface area contributed by atoms with Gasteiger partial charge in [0.2, 0.25) is 0 Å². The molecule has 0 bridgehead atoms. The molecule has 1 amide bonds. The molecule has 2 unspecified atom stereocenters. The summed E-state index contributed by atoms with van der Waals surface area (Å²) >= 11 is 0. The van der Waals surface area contributed by atoms with Gasteiger partial charge < -0.3 is 9.80 Å². The monoisotopic (exact) mass is 418 g/mol. The van der Waals surface area contributed by atoms with Crippen molar-refractivity contribution in [1.29, 1.82) is 0 Å². The first-order chi connectivity index (χ1) is 15.1. The first-order valence-corrected chi connectivity index (χ1v) is 11.1. The summed E-state index contributed by atoms with van der Waals surface area (Å²) in [7, 11) is 4.16. The van der Waals surface area contributed by atoms with Crippen molar-refractivity contribution in [3.8, 4) is 0 Å². The minimum atomic E-state index is 0.100. The molecule has 0 N–H and O–H groups in total. The standard InChI is InChI=1S/C24H30N6O/c1-27(2)21-11-13-29(17-21)24(31)20-8-9-22-25-26-23(30(22)16-20)19-10-12-28(15-19)14-18-6-4-3-5-7-18/h3-9,16,19,21H,10-15,17H2,1-2H3. The molecule has 0 saturated carbocycles. The van der Waals surface area contributed by atoms with Gasteiger partial charge in [0.15, 0.2) is 5.65 Å². The summed E-state index contributed by atoms with van der Waals surface area (Å²) in [4.78, 5) is 19.8. The fourth-order valence-electron chi connectivity index (χ4n) is 4.87. The predicted molar refractivity (Wildman–Crippen MR) is 120 cm³/mol. The lowest BCUT2D eigenvalue weighted by atomic mass is 10.1. The fraction of sp³-hybridized carbons (Fsp3) is 0.458. The Morgan fingerprint density at radius 2 is 1.87 bits per heavy atom. The molecule has 2 aliphatic rings. The predicted octanol–water partition coefficient (Wildman–Crippen LogP) is 2.49. The number of nitrogens with zero attached hydrogens (tertiary/aromatic N) is 6. The van der Waals surface area contributed by atoms with Crippen molar-refractivity contribution >= 4 is 11.6 Å². The van der Waals surface area contributed by atoms with Crippen LogP contribution >= 0.6 is 0 Å². The molecule has 3 aromatic rings. The number of carbonyl (C=O) groups excluding carboxylic acids is 1. The molecule has 0 radical (unpaired) electrons. The Kier molecular flexibility index (Phi) is 5.46. The number of likely N-dealkylation sites (N-methyl/N-ethyl adjacent to an activating group) is 1. The molecule has 31 heavy (non-hydrogen) atoms. The first kappa shape index (κ1) is 20.2. The van der Waals surface area contributed by atoms with Crippen molar-refractivity contribution in [2.75, 3.05) is 40.3 Å². The fourth-order valence-corrected chi connectivity index (χ4v) is 4.87. The Balaban J connectivity index is 1.32. The van der Waals surface area contributed by atoms with Gasteiger partial charge in [-0.2, -0.15) is 0 Å². The Morgan fingerprint density at radius 1 is 1.03 bits per heavy atom. The van der Waals surface area contributed by atoms with Gasteiger partial charge in [0.1, 0.15) is 5.82 Å². The lowest BCUT2D eigenvalue weighted by molar-refractivity contribution is 0.0782. The van der Waals surface area contributed by atoms with E-state index >= 15 is 0 Å². The van der Waals surface area contributed by atoms with Crippen molar-refractivity contribution in [3.63, 3.8) is 0 Å². The third kappa shape index (κ3) is 4.07. The smallest absolute Gasteiger partial charge is 0.255 e. The van der Waals surface area contributed by atoms with Crippen LogP contribution in [0.25, 0.3) is 5.65 Å². The van der Waals surface area contributed by atoms with Crippen molar-refractivity contribution in [3.05, 3.63) is 65.6 Å². The number of hydrogen-bond donors (Lipinski definition) is 0. The lowest BCUT2D eigenvalue weighted by Gasteiger charge is -2.20. The van der Waals surface area contributed by atoms with Gasteiger partial charge in [-0.05, 0) is 51.2 Å². The number of benzene rings is 1. The molecule has 1 aromatic carbocycles. The van der Waals surface area contributed by atoms with Crippen LogP contribution in [-0.4, -0.2) is 81.5 Å². The van der Waals surface area contributed by atoms with E-state index in [1.54, 1.807) is 0 Å². The topological polar surface area (TPSA) is 57.0 Å². The van der Waals surface area contributed by atoms with E-state index in [-0.39, 0.29) is 5.91 Å². The normalized spacial score (nSPS) is 22.1. The van der Waals surface area contributed by atoms with Crippen LogP contribution in [0.15, 0.2) is 48.7 Å². The van der Waals surface area contributed by atoms with Crippen LogP contribution in [0.3, 0.4) is 0 Å². The Labute approximate surface area is 183 Å². The number of rotatable bonds is 5. The molecule has 0 spiro atoms. The number of amides is 1. The molecule has 7 nitrogen and oxygen atoms in total. The highest BCUT2D eigenvalue weighted by Crippen LogP contribution is 2.28. The number of aromatic nitrogens is 3. The van der Waals surface area contributed by atoms with Crippen LogP contribution in [0.1, 0.15) is 40.5 Å². The maximum absolute atomic E-state index is 13.1. The Hall–Kier alpha value is -2.77. The molecule has 7 heteroatoms. The number of fused-ring (bicyclic) bond motifs is 1. The van der Waals surface area contributed by atoms with Crippen molar-refractivity contribution in [2.45, 2.75) is 31.3 Å². The molecule has 4 heterocycles. The van der Waals surface area contributed by atoms with Gasteiger partial charge in [0.25, 0.3) is 5.91 Å². The number of pyridine rings is 1. The second-order valence-corrected chi connectivity index (χ2v) is 9.07. The highest BCUT2D eigenvalue weighted by molar-refractivity contribution is 5.94. The van der Waals surface area contributed by atoms with Crippen LogP contribution in [-0.2, 0) is 6.54 Å². The van der Waals surface area contributed by atoms with E-state index in [1.165, 1.54) is 5.56 Å². The van der Waals surface area contributed by atoms with Gasteiger partial charge in [0.05, 0.1) is 5.56 Å². The van der Waals surface area contributed by atoms with Gasteiger partial charge in [-0.1, -0.05) is 30.3 Å². The number of hydrogen-bond acceptors (Lipinski definition) is 5. The maximum atomic E-state index is 13.1. The summed E-state index contributed by atoms with van der Waals surface area (Å²) in [6.07, 6.45) is 4.02. The SMILES string of the molecule is CN(C)C1CCN(C(=O)c2ccc3nnc(C4CCN(Cc5ccccc5)C4)n3c2)C1. The molecule has 2 saturated heterocycles. The second-order valence-electron chi connectivity index (χ2n) is 9.07. The minimum Gasteiger partial charge on any atom is -0.337 e. The van der Waals surface area contributed by atoms with E-state index < -0.39 is 0 Å². The van der Waals surface area contributed by atoms with Crippen molar-refractivity contribution < 1.29 is 4.79 Å². The highest BCUT2D eigenvalue weighted by atomic mass is 16.2. The van der Waals surface area contributed by atoms with Crippen LogP contribution in [0.2, 0.25) is 0 Å².